The fourth-order valence-corrected chi connectivity index (χ4v) is 12.3. The lowest BCUT2D eigenvalue weighted by Gasteiger charge is -2.37. The Balaban J connectivity index is 1.14. The number of hydrogen-bond donors (Lipinski definition) is 1. The molecule has 4 aliphatic rings. The van der Waals surface area contributed by atoms with Crippen molar-refractivity contribution in [2.75, 3.05) is 16.4 Å². The van der Waals surface area contributed by atoms with E-state index in [-0.39, 0.29) is 37.3 Å². The molecule has 0 radical (unpaired) electrons. The highest BCUT2D eigenvalue weighted by Crippen LogP contribution is 2.61. The van der Waals surface area contributed by atoms with Crippen LogP contribution in [0.3, 0.4) is 0 Å². The van der Waals surface area contributed by atoms with Gasteiger partial charge in [-0.2, -0.15) is 0 Å². The Morgan fingerprint density at radius 2 is 1.63 bits per heavy atom. The van der Waals surface area contributed by atoms with Gasteiger partial charge in [0.15, 0.2) is 5.60 Å². The number of fused-ring (bicyclic) bond motifs is 3. The van der Waals surface area contributed by atoms with Crippen LogP contribution in [0.5, 0.6) is 0 Å². The topological polar surface area (TPSA) is 90.4 Å². The van der Waals surface area contributed by atoms with E-state index in [0.29, 0.717) is 35.5 Å². The van der Waals surface area contributed by atoms with Gasteiger partial charge in [0.2, 0.25) is 14.3 Å². The Labute approximate surface area is 314 Å². The van der Waals surface area contributed by atoms with Crippen molar-refractivity contribution >= 4 is 54.0 Å². The van der Waals surface area contributed by atoms with Gasteiger partial charge in [0, 0.05) is 34.6 Å². The molecule has 0 saturated carbocycles. The zero-order chi connectivity index (χ0) is 37.5. The van der Waals surface area contributed by atoms with E-state index in [0.717, 1.165) is 33.2 Å². The molecule has 0 aliphatic carbocycles. The van der Waals surface area contributed by atoms with Gasteiger partial charge in [-0.25, -0.2) is 0 Å². The summed E-state index contributed by atoms with van der Waals surface area (Å²) >= 11 is 0. The SMILES string of the molecule is C[C@H]1[C@H]([Si](C)(C)F)[C@@H](CC(=O)N2Cc3ccccc3C[C@H]2CO)O[C@]12C(=O)N(Cc1ccccc1)c1ccc(N3C(=O)c4cccc5cccc3c45)cc12. The fourth-order valence-electron chi connectivity index (χ4n) is 9.80. The van der Waals surface area contributed by atoms with E-state index >= 15 is 8.90 Å². The van der Waals surface area contributed by atoms with Crippen LogP contribution in [0.1, 0.15) is 46.0 Å². The molecule has 5 atom stereocenters. The molecule has 1 saturated heterocycles. The number of halogens is 1. The van der Waals surface area contributed by atoms with E-state index in [1.54, 1.807) is 27.8 Å². The summed E-state index contributed by atoms with van der Waals surface area (Å²) in [5.41, 5.74) is 3.89. The van der Waals surface area contributed by atoms with E-state index in [2.05, 4.69) is 0 Å². The van der Waals surface area contributed by atoms with Crippen LogP contribution in [0.2, 0.25) is 18.6 Å². The van der Waals surface area contributed by atoms with Gasteiger partial charge in [0.1, 0.15) is 0 Å². The summed E-state index contributed by atoms with van der Waals surface area (Å²) < 4.78 is 23.8. The van der Waals surface area contributed by atoms with Crippen molar-refractivity contribution in [3.8, 4) is 0 Å². The minimum Gasteiger partial charge on any atom is -0.394 e. The maximum absolute atomic E-state index is 16.8. The lowest BCUT2D eigenvalue weighted by atomic mass is 9.82. The van der Waals surface area contributed by atoms with Crippen molar-refractivity contribution in [1.29, 1.82) is 0 Å². The van der Waals surface area contributed by atoms with E-state index < -0.39 is 37.6 Å². The van der Waals surface area contributed by atoms with Crippen molar-refractivity contribution < 1.29 is 28.3 Å². The van der Waals surface area contributed by atoms with Crippen molar-refractivity contribution in [3.05, 3.63) is 137 Å². The number of carbonyl (C=O) groups is 3. The van der Waals surface area contributed by atoms with E-state index in [9.17, 15) is 14.7 Å². The van der Waals surface area contributed by atoms with Crippen molar-refractivity contribution in [3.63, 3.8) is 0 Å². The quantitative estimate of drug-likeness (QED) is 0.136. The van der Waals surface area contributed by atoms with Crippen LogP contribution in [-0.4, -0.2) is 54.9 Å². The summed E-state index contributed by atoms with van der Waals surface area (Å²) in [6, 6.07) is 34.3. The Morgan fingerprint density at radius 1 is 0.907 bits per heavy atom. The molecule has 10 heteroatoms. The summed E-state index contributed by atoms with van der Waals surface area (Å²) in [7, 11) is -3.60. The molecule has 9 rings (SSSR count). The maximum Gasteiger partial charge on any atom is 0.264 e. The monoisotopic (exact) mass is 739 g/mol. The van der Waals surface area contributed by atoms with Crippen LogP contribution in [0.15, 0.2) is 109 Å². The predicted molar refractivity (Wildman–Crippen MR) is 209 cm³/mol. The number of nitrogens with zero attached hydrogens (tertiary/aromatic N) is 3. The molecule has 1 spiro atoms. The van der Waals surface area contributed by atoms with Crippen molar-refractivity contribution in [2.45, 2.75) is 69.2 Å². The molecule has 54 heavy (non-hydrogen) atoms. The minimum absolute atomic E-state index is 0.126. The van der Waals surface area contributed by atoms with Gasteiger partial charge >= 0.3 is 0 Å². The summed E-state index contributed by atoms with van der Waals surface area (Å²) in [5, 5.41) is 12.2. The molecule has 1 N–H and O–H groups in total. The third-order valence-corrected chi connectivity index (χ3v) is 14.7. The van der Waals surface area contributed by atoms with E-state index in [1.807, 2.05) is 116 Å². The van der Waals surface area contributed by atoms with Crippen LogP contribution >= 0.6 is 0 Å². The second kappa shape index (κ2) is 12.7. The Kier molecular flexibility index (Phi) is 8.15. The first-order valence-corrected chi connectivity index (χ1v) is 21.7. The van der Waals surface area contributed by atoms with Gasteiger partial charge in [-0.3, -0.25) is 19.3 Å². The van der Waals surface area contributed by atoms with Crippen LogP contribution in [-0.2, 0) is 39.4 Å². The molecule has 274 valence electrons. The molecule has 4 aliphatic heterocycles. The lowest BCUT2D eigenvalue weighted by molar-refractivity contribution is -0.151. The van der Waals surface area contributed by atoms with Crippen LogP contribution in [0, 0.1) is 5.92 Å². The summed E-state index contributed by atoms with van der Waals surface area (Å²) in [6.07, 6.45) is -0.495. The van der Waals surface area contributed by atoms with Crippen LogP contribution in [0.25, 0.3) is 10.8 Å². The summed E-state index contributed by atoms with van der Waals surface area (Å²) in [6.45, 7) is 5.54. The number of aliphatic hydroxyl groups excluding tert-OH is 1. The van der Waals surface area contributed by atoms with E-state index in [4.69, 9.17) is 4.74 Å². The molecule has 5 aromatic rings. The van der Waals surface area contributed by atoms with Crippen molar-refractivity contribution in [2.24, 2.45) is 5.92 Å². The van der Waals surface area contributed by atoms with Gasteiger partial charge in [0.25, 0.3) is 11.8 Å². The Bertz CT molecular complexity index is 2340. The standard InChI is InChI=1S/C44H42FN3O5Si/c1-27-41(54(2,3)45)38(23-39(50)46-25-31-14-8-7-13-30(31)21-33(46)26-49)53-44(27)35-22-32(19-20-36(35)47(43(44)52)24-28-11-5-4-6-12-28)48-37-18-10-16-29-15-9-17-34(40(29)37)42(48)51/h4-20,22,27,33,38,41,49H,21,23-26H2,1-3H3/t27-,33-,38+,41-,44+/m0/s1. The third-order valence-electron chi connectivity index (χ3n) is 12.2. The lowest BCUT2D eigenvalue weighted by Crippen LogP contribution is -2.48. The first-order chi connectivity index (χ1) is 26.0. The molecule has 1 fully saturated rings. The van der Waals surface area contributed by atoms with Crippen LogP contribution in [0.4, 0.5) is 21.2 Å². The third kappa shape index (κ3) is 5.18. The Hall–Kier alpha value is -5.16. The molecule has 5 aromatic carbocycles. The molecular weight excluding hydrogens is 698 g/mol. The predicted octanol–water partition coefficient (Wildman–Crippen LogP) is 7.79. The molecule has 0 bridgehead atoms. The van der Waals surface area contributed by atoms with Gasteiger partial charge in [0.05, 0.1) is 48.7 Å². The first-order valence-electron chi connectivity index (χ1n) is 18.7. The van der Waals surface area contributed by atoms with Crippen LogP contribution < -0.4 is 9.80 Å². The second-order valence-corrected chi connectivity index (χ2v) is 19.5. The highest BCUT2D eigenvalue weighted by molar-refractivity contribution is 6.72. The summed E-state index contributed by atoms with van der Waals surface area (Å²) in [4.78, 5) is 48.6. The molecule has 8 nitrogen and oxygen atoms in total. The fraction of sp³-hybridized carbons (Fsp3) is 0.295. The number of carbonyl (C=O) groups excluding carboxylic acids is 3. The number of amides is 3. The molecule has 0 unspecified atom stereocenters. The molecule has 4 heterocycles. The number of rotatable bonds is 7. The van der Waals surface area contributed by atoms with Gasteiger partial charge in [-0.1, -0.05) is 85.8 Å². The number of hydrogen-bond acceptors (Lipinski definition) is 5. The smallest absolute Gasteiger partial charge is 0.264 e. The second-order valence-electron chi connectivity index (χ2n) is 15.7. The highest BCUT2D eigenvalue weighted by Gasteiger charge is 2.67. The maximum atomic E-state index is 16.8. The number of benzene rings is 5. The molecular formula is C44H42FN3O5Si. The van der Waals surface area contributed by atoms with Gasteiger partial charge < -0.3 is 23.8 Å². The van der Waals surface area contributed by atoms with Gasteiger partial charge in [-0.15, -0.1) is 0 Å². The number of ether oxygens (including phenoxy) is 1. The van der Waals surface area contributed by atoms with E-state index in [1.165, 1.54) is 0 Å². The zero-order valence-corrected chi connectivity index (χ0v) is 31.5. The number of aliphatic hydroxyl groups is 1. The zero-order valence-electron chi connectivity index (χ0n) is 30.5. The Morgan fingerprint density at radius 3 is 2.37 bits per heavy atom. The average Bonchev–Trinajstić information content (AvgIpc) is 3.72. The number of anilines is 3. The minimum atomic E-state index is -3.60. The largest absolute Gasteiger partial charge is 0.394 e. The molecule has 3 amide bonds. The normalized spacial score (nSPS) is 24.5. The van der Waals surface area contributed by atoms with Crippen molar-refractivity contribution in [1.82, 2.24) is 4.90 Å². The molecule has 0 aromatic heterocycles. The van der Waals surface area contributed by atoms with Gasteiger partial charge in [-0.05, 0) is 71.9 Å². The summed E-state index contributed by atoms with van der Waals surface area (Å²) in [5.74, 6) is -1.34. The first kappa shape index (κ1) is 34.6. The highest BCUT2D eigenvalue weighted by atomic mass is 28.4. The average molecular weight is 740 g/mol.